The lowest BCUT2D eigenvalue weighted by atomic mass is 10.0. The van der Waals surface area contributed by atoms with Gasteiger partial charge in [0, 0.05) is 19.5 Å². The zero-order valence-corrected chi connectivity index (χ0v) is 28.3. The molecule has 1 atom stereocenters. The topological polar surface area (TPSA) is 86.8 Å². The largest absolute Gasteiger partial charge is 0.354 e. The van der Waals surface area contributed by atoms with Crippen LogP contribution in [0.5, 0.6) is 0 Å². The van der Waals surface area contributed by atoms with Crippen molar-refractivity contribution in [2.75, 3.05) is 17.4 Å². The van der Waals surface area contributed by atoms with Crippen molar-refractivity contribution in [3.63, 3.8) is 0 Å². The monoisotopic (exact) mass is 639 g/mol. The number of rotatable bonds is 14. The fourth-order valence-electron chi connectivity index (χ4n) is 5.41. The quantitative estimate of drug-likeness (QED) is 0.156. The number of anilines is 1. The van der Waals surface area contributed by atoms with E-state index in [9.17, 15) is 18.0 Å². The number of carbonyl (C=O) groups excluding carboxylic acids is 2. The third-order valence-electron chi connectivity index (χ3n) is 7.96. The zero-order chi connectivity index (χ0) is 33.3. The van der Waals surface area contributed by atoms with E-state index in [-0.39, 0.29) is 23.8 Å². The summed E-state index contributed by atoms with van der Waals surface area (Å²) in [5.41, 5.74) is 5.89. The predicted molar refractivity (Wildman–Crippen MR) is 185 cm³/mol. The van der Waals surface area contributed by atoms with E-state index in [0.29, 0.717) is 12.2 Å². The Bertz CT molecular complexity index is 1700. The smallest absolute Gasteiger partial charge is 0.264 e. The summed E-state index contributed by atoms with van der Waals surface area (Å²) in [6, 6.07) is 28.7. The number of unbranched alkanes of at least 4 members (excludes halogenated alkanes) is 1. The van der Waals surface area contributed by atoms with Crippen molar-refractivity contribution < 1.29 is 18.0 Å². The summed E-state index contributed by atoms with van der Waals surface area (Å²) in [4.78, 5) is 30.1. The van der Waals surface area contributed by atoms with Crippen LogP contribution in [0.4, 0.5) is 5.69 Å². The molecule has 0 saturated carbocycles. The Balaban J connectivity index is 1.81. The van der Waals surface area contributed by atoms with Crippen LogP contribution in [0, 0.1) is 27.7 Å². The predicted octanol–water partition coefficient (Wildman–Crippen LogP) is 6.67. The van der Waals surface area contributed by atoms with Crippen LogP contribution in [0.3, 0.4) is 0 Å². The first-order valence-corrected chi connectivity index (χ1v) is 17.3. The number of hydrogen-bond donors (Lipinski definition) is 1. The maximum absolute atomic E-state index is 14.6. The highest BCUT2D eigenvalue weighted by molar-refractivity contribution is 7.92. The van der Waals surface area contributed by atoms with Crippen LogP contribution < -0.4 is 9.62 Å². The van der Waals surface area contributed by atoms with Crippen molar-refractivity contribution in [2.45, 2.75) is 71.4 Å². The molecule has 0 aliphatic carbocycles. The molecule has 0 heterocycles. The fraction of sp³-hybridized carbons (Fsp3) is 0.316. The molecule has 8 heteroatoms. The van der Waals surface area contributed by atoms with E-state index in [1.807, 2.05) is 88.4 Å². The van der Waals surface area contributed by atoms with Crippen molar-refractivity contribution in [1.82, 2.24) is 10.2 Å². The number of aryl methyl sites for hydroxylation is 4. The molecule has 46 heavy (non-hydrogen) atoms. The van der Waals surface area contributed by atoms with Gasteiger partial charge >= 0.3 is 0 Å². The highest BCUT2D eigenvalue weighted by Crippen LogP contribution is 2.27. The minimum absolute atomic E-state index is 0.0910. The molecule has 0 aliphatic heterocycles. The lowest BCUT2D eigenvalue weighted by Crippen LogP contribution is -2.53. The number of nitrogens with one attached hydrogen (secondary N) is 1. The van der Waals surface area contributed by atoms with Crippen LogP contribution in [0.2, 0.25) is 0 Å². The van der Waals surface area contributed by atoms with Crippen LogP contribution in [0.1, 0.15) is 53.1 Å². The highest BCUT2D eigenvalue weighted by Gasteiger charge is 2.34. The van der Waals surface area contributed by atoms with Gasteiger partial charge in [0.25, 0.3) is 10.0 Å². The Labute approximate surface area is 274 Å². The highest BCUT2D eigenvalue weighted by atomic mass is 32.2. The van der Waals surface area contributed by atoms with Crippen molar-refractivity contribution >= 4 is 27.5 Å². The van der Waals surface area contributed by atoms with Crippen LogP contribution in [0.15, 0.2) is 102 Å². The Morgan fingerprint density at radius 3 is 1.91 bits per heavy atom. The molecule has 0 radical (unpaired) electrons. The summed E-state index contributed by atoms with van der Waals surface area (Å²) in [5, 5.41) is 3.03. The van der Waals surface area contributed by atoms with Crippen LogP contribution in [-0.2, 0) is 32.6 Å². The third kappa shape index (κ3) is 9.07. The second-order valence-corrected chi connectivity index (χ2v) is 13.9. The lowest BCUT2D eigenvalue weighted by Gasteiger charge is -2.34. The van der Waals surface area contributed by atoms with E-state index < -0.39 is 28.5 Å². The molecule has 0 bridgehead atoms. The molecule has 0 saturated heterocycles. The molecule has 7 nitrogen and oxygen atoms in total. The Morgan fingerprint density at radius 2 is 1.33 bits per heavy atom. The molecule has 4 rings (SSSR count). The van der Waals surface area contributed by atoms with E-state index in [4.69, 9.17) is 0 Å². The van der Waals surface area contributed by atoms with Crippen molar-refractivity contribution in [3.8, 4) is 0 Å². The molecular weight excluding hydrogens is 595 g/mol. The minimum Gasteiger partial charge on any atom is -0.354 e. The van der Waals surface area contributed by atoms with E-state index >= 15 is 0 Å². The maximum atomic E-state index is 14.6. The van der Waals surface area contributed by atoms with Crippen molar-refractivity contribution in [3.05, 3.63) is 130 Å². The summed E-state index contributed by atoms with van der Waals surface area (Å²) in [6.45, 7) is 9.89. The summed E-state index contributed by atoms with van der Waals surface area (Å²) >= 11 is 0. The van der Waals surface area contributed by atoms with E-state index in [2.05, 4.69) is 12.2 Å². The number of sulfonamides is 1. The SMILES string of the molecule is CCCCNC(=O)C(Cc1ccccc1)N(Cc1ccc(C)cc1)C(=O)CN(c1cc(C)cc(C)c1)S(=O)(=O)c1ccc(C)cc1. The Morgan fingerprint density at radius 1 is 0.739 bits per heavy atom. The van der Waals surface area contributed by atoms with Gasteiger partial charge in [-0.1, -0.05) is 97.3 Å². The Kier molecular flexibility index (Phi) is 11.8. The van der Waals surface area contributed by atoms with Gasteiger partial charge in [-0.3, -0.25) is 13.9 Å². The molecule has 1 unspecified atom stereocenters. The summed E-state index contributed by atoms with van der Waals surface area (Å²) in [5.74, 6) is -0.737. The Hall–Kier alpha value is -4.43. The molecule has 0 fully saturated rings. The summed E-state index contributed by atoms with van der Waals surface area (Å²) < 4.78 is 29.7. The first kappa shape index (κ1) is 34.4. The minimum atomic E-state index is -4.15. The normalized spacial score (nSPS) is 11.9. The maximum Gasteiger partial charge on any atom is 0.264 e. The van der Waals surface area contributed by atoms with Crippen LogP contribution in [0.25, 0.3) is 0 Å². The van der Waals surface area contributed by atoms with Gasteiger partial charge in [-0.05, 0) is 80.6 Å². The molecule has 1 N–H and O–H groups in total. The van der Waals surface area contributed by atoms with Gasteiger partial charge in [-0.15, -0.1) is 0 Å². The van der Waals surface area contributed by atoms with Gasteiger partial charge in [0.2, 0.25) is 11.8 Å². The van der Waals surface area contributed by atoms with Gasteiger partial charge in [0.05, 0.1) is 10.6 Å². The zero-order valence-electron chi connectivity index (χ0n) is 27.5. The van der Waals surface area contributed by atoms with Gasteiger partial charge in [-0.25, -0.2) is 8.42 Å². The second kappa shape index (κ2) is 15.7. The number of hydrogen-bond acceptors (Lipinski definition) is 4. The van der Waals surface area contributed by atoms with Crippen LogP contribution in [-0.4, -0.2) is 44.3 Å². The van der Waals surface area contributed by atoms with Crippen LogP contribution >= 0.6 is 0 Å². The number of nitrogens with zero attached hydrogens (tertiary/aromatic N) is 2. The average molecular weight is 640 g/mol. The van der Waals surface area contributed by atoms with E-state index in [1.165, 1.54) is 4.31 Å². The van der Waals surface area contributed by atoms with Gasteiger partial charge in [0.1, 0.15) is 12.6 Å². The molecule has 4 aromatic carbocycles. The van der Waals surface area contributed by atoms with Gasteiger partial charge in [-0.2, -0.15) is 0 Å². The van der Waals surface area contributed by atoms with Crippen molar-refractivity contribution in [2.24, 2.45) is 0 Å². The second-order valence-electron chi connectivity index (χ2n) is 12.0. The standard InChI is InChI=1S/C38H45N3O4S/c1-6-7-21-39-38(43)36(25-32-11-9-8-10-12-32)40(26-33-17-13-28(2)14-18-33)37(42)27-41(34-23-30(4)22-31(5)24-34)46(44,45)35-19-15-29(3)16-20-35/h8-20,22-24,36H,6-7,21,25-27H2,1-5H3,(H,39,43). The van der Waals surface area contributed by atoms with Gasteiger partial charge < -0.3 is 10.2 Å². The van der Waals surface area contributed by atoms with Gasteiger partial charge in [0.15, 0.2) is 0 Å². The molecular formula is C38H45N3O4S. The molecule has 0 spiro atoms. The molecule has 0 aliphatic rings. The molecule has 242 valence electrons. The first-order valence-electron chi connectivity index (χ1n) is 15.8. The molecule has 4 aromatic rings. The number of carbonyl (C=O) groups is 2. The number of amides is 2. The molecule has 0 aromatic heterocycles. The third-order valence-corrected chi connectivity index (χ3v) is 9.74. The number of benzene rings is 4. The summed E-state index contributed by atoms with van der Waals surface area (Å²) in [7, 11) is -4.15. The first-order chi connectivity index (χ1) is 22.0. The van der Waals surface area contributed by atoms with E-state index in [1.54, 1.807) is 41.3 Å². The summed E-state index contributed by atoms with van der Waals surface area (Å²) in [6.07, 6.45) is 2.01. The average Bonchev–Trinajstić information content (AvgIpc) is 3.02. The van der Waals surface area contributed by atoms with E-state index in [0.717, 1.165) is 46.2 Å². The lowest BCUT2D eigenvalue weighted by molar-refractivity contribution is -0.140. The fourth-order valence-corrected chi connectivity index (χ4v) is 6.81. The molecule has 2 amide bonds. The van der Waals surface area contributed by atoms with Crippen molar-refractivity contribution in [1.29, 1.82) is 0 Å².